The highest BCUT2D eigenvalue weighted by Crippen LogP contribution is 2.30. The van der Waals surface area contributed by atoms with E-state index in [2.05, 4.69) is 58.3 Å². The van der Waals surface area contributed by atoms with Gasteiger partial charge in [0, 0.05) is 23.4 Å². The summed E-state index contributed by atoms with van der Waals surface area (Å²) in [5.41, 5.74) is 11.5. The van der Waals surface area contributed by atoms with Crippen LogP contribution in [0, 0.1) is 6.92 Å². The Morgan fingerprint density at radius 1 is 1.00 bits per heavy atom. The second kappa shape index (κ2) is 12.5. The van der Waals surface area contributed by atoms with Crippen LogP contribution in [0.3, 0.4) is 0 Å². The van der Waals surface area contributed by atoms with E-state index in [4.69, 9.17) is 10.5 Å². The second-order valence-corrected chi connectivity index (χ2v) is 10.7. The molecule has 1 aromatic heterocycles. The van der Waals surface area contributed by atoms with E-state index >= 15 is 0 Å². The molecular formula is C32H35N7O3. The van der Waals surface area contributed by atoms with Crippen molar-refractivity contribution in [2.24, 2.45) is 0 Å². The molecule has 0 aliphatic rings. The van der Waals surface area contributed by atoms with Crippen molar-refractivity contribution in [1.29, 1.82) is 0 Å². The summed E-state index contributed by atoms with van der Waals surface area (Å²) in [5, 5.41) is 8.80. The highest BCUT2D eigenvalue weighted by molar-refractivity contribution is 6.00. The number of aromatic nitrogens is 3. The Hall–Kier alpha value is -5.25. The molecule has 0 saturated carbocycles. The zero-order valence-electron chi connectivity index (χ0n) is 24.4. The summed E-state index contributed by atoms with van der Waals surface area (Å²) in [6, 6.07) is 18.6. The summed E-state index contributed by atoms with van der Waals surface area (Å²) >= 11 is 0. The lowest BCUT2D eigenvalue weighted by molar-refractivity contribution is -0.111. The molecule has 0 saturated heterocycles. The van der Waals surface area contributed by atoms with Crippen LogP contribution in [0.25, 0.3) is 11.4 Å². The standard InChI is InChI=1S/C32H35N7O3/c1-7-27(40)36-25-17-24(14-15-26(25)42-6)35-31-38-28(37-30(33)39-31)21-8-9-22(19(2)16-21)18-34-29(41)20-10-12-23(13-11-20)32(3,4)5/h7-17H,1,18H2,2-6H3,(H,34,41)(H,36,40)(H3,33,35,37,38,39). The SMILES string of the molecule is C=CC(=O)Nc1cc(Nc2nc(N)nc(-c3ccc(CNC(=O)c4ccc(C(C)(C)C)cc4)c(C)c3)n2)ccc1OC. The molecule has 216 valence electrons. The molecular weight excluding hydrogens is 530 g/mol. The van der Waals surface area contributed by atoms with Crippen LogP contribution in [-0.2, 0) is 16.8 Å². The Balaban J connectivity index is 1.48. The minimum absolute atomic E-state index is 0.0253. The molecule has 0 aliphatic carbocycles. The zero-order chi connectivity index (χ0) is 30.4. The number of carbonyl (C=O) groups is 2. The number of nitrogens with two attached hydrogens (primary N) is 1. The van der Waals surface area contributed by atoms with Crippen molar-refractivity contribution in [3.8, 4) is 17.1 Å². The second-order valence-electron chi connectivity index (χ2n) is 10.7. The van der Waals surface area contributed by atoms with Gasteiger partial charge < -0.3 is 26.4 Å². The van der Waals surface area contributed by atoms with Gasteiger partial charge in [0.2, 0.25) is 17.8 Å². The molecule has 4 aromatic rings. The first-order valence-corrected chi connectivity index (χ1v) is 13.4. The number of hydrogen-bond donors (Lipinski definition) is 4. The fraction of sp³-hybridized carbons (Fsp3) is 0.219. The number of anilines is 4. The maximum absolute atomic E-state index is 12.7. The highest BCUT2D eigenvalue weighted by atomic mass is 16.5. The number of ether oxygens (including phenoxy) is 1. The largest absolute Gasteiger partial charge is 0.495 e. The average Bonchev–Trinajstić information content (AvgIpc) is 2.95. The van der Waals surface area contributed by atoms with Gasteiger partial charge in [0.25, 0.3) is 5.91 Å². The minimum atomic E-state index is -0.370. The number of hydrogen-bond acceptors (Lipinski definition) is 8. The third-order valence-corrected chi connectivity index (χ3v) is 6.60. The van der Waals surface area contributed by atoms with Crippen LogP contribution in [0.4, 0.5) is 23.3 Å². The first-order valence-electron chi connectivity index (χ1n) is 13.4. The molecule has 0 bridgehead atoms. The number of nitrogen functional groups attached to an aromatic ring is 1. The number of carbonyl (C=O) groups excluding carboxylic acids is 2. The Labute approximate surface area is 245 Å². The van der Waals surface area contributed by atoms with E-state index in [1.807, 2.05) is 49.4 Å². The number of methoxy groups -OCH3 is 1. The van der Waals surface area contributed by atoms with Crippen molar-refractivity contribution in [3.05, 3.63) is 95.6 Å². The van der Waals surface area contributed by atoms with Crippen molar-refractivity contribution in [3.63, 3.8) is 0 Å². The van der Waals surface area contributed by atoms with Gasteiger partial charge in [-0.2, -0.15) is 15.0 Å². The topological polar surface area (TPSA) is 144 Å². The van der Waals surface area contributed by atoms with Gasteiger partial charge in [-0.05, 0) is 71.5 Å². The molecule has 42 heavy (non-hydrogen) atoms. The molecule has 10 nitrogen and oxygen atoms in total. The van der Waals surface area contributed by atoms with Gasteiger partial charge in [-0.3, -0.25) is 9.59 Å². The lowest BCUT2D eigenvalue weighted by atomic mass is 9.87. The molecule has 3 aromatic carbocycles. The van der Waals surface area contributed by atoms with Gasteiger partial charge in [-0.15, -0.1) is 0 Å². The first kappa shape index (κ1) is 29.7. The Bertz CT molecular complexity index is 1630. The average molecular weight is 566 g/mol. The van der Waals surface area contributed by atoms with Crippen molar-refractivity contribution < 1.29 is 14.3 Å². The van der Waals surface area contributed by atoms with Crippen molar-refractivity contribution >= 4 is 35.1 Å². The number of benzene rings is 3. The zero-order valence-corrected chi connectivity index (χ0v) is 24.4. The van der Waals surface area contributed by atoms with E-state index in [0.29, 0.717) is 35.1 Å². The van der Waals surface area contributed by atoms with Gasteiger partial charge in [-0.25, -0.2) is 0 Å². The predicted octanol–water partition coefficient (Wildman–Crippen LogP) is 5.53. The molecule has 0 radical (unpaired) electrons. The van der Waals surface area contributed by atoms with E-state index in [0.717, 1.165) is 16.7 Å². The van der Waals surface area contributed by atoms with Crippen LogP contribution >= 0.6 is 0 Å². The molecule has 0 atom stereocenters. The van der Waals surface area contributed by atoms with Crippen LogP contribution in [0.1, 0.15) is 47.8 Å². The Morgan fingerprint density at radius 3 is 2.38 bits per heavy atom. The third-order valence-electron chi connectivity index (χ3n) is 6.60. The highest BCUT2D eigenvalue weighted by Gasteiger charge is 2.15. The normalized spacial score (nSPS) is 11.0. The molecule has 2 amide bonds. The maximum Gasteiger partial charge on any atom is 0.251 e. The summed E-state index contributed by atoms with van der Waals surface area (Å²) in [7, 11) is 1.51. The molecule has 0 fully saturated rings. The van der Waals surface area contributed by atoms with Gasteiger partial charge in [0.1, 0.15) is 5.75 Å². The number of amides is 2. The van der Waals surface area contributed by atoms with Gasteiger partial charge in [0.15, 0.2) is 5.82 Å². The quantitative estimate of drug-likeness (QED) is 0.194. The molecule has 4 rings (SSSR count). The number of rotatable bonds is 9. The van der Waals surface area contributed by atoms with E-state index in [9.17, 15) is 9.59 Å². The predicted molar refractivity (Wildman–Crippen MR) is 166 cm³/mol. The maximum atomic E-state index is 12.7. The molecule has 0 aliphatic heterocycles. The fourth-order valence-corrected chi connectivity index (χ4v) is 4.21. The monoisotopic (exact) mass is 565 g/mol. The van der Waals surface area contributed by atoms with Crippen LogP contribution in [-0.4, -0.2) is 33.9 Å². The van der Waals surface area contributed by atoms with Gasteiger partial charge >= 0.3 is 0 Å². The Kier molecular flexibility index (Phi) is 8.85. The molecule has 0 unspecified atom stereocenters. The summed E-state index contributed by atoms with van der Waals surface area (Å²) < 4.78 is 5.32. The number of nitrogens with zero attached hydrogens (tertiary/aromatic N) is 3. The first-order chi connectivity index (χ1) is 20.0. The summed E-state index contributed by atoms with van der Waals surface area (Å²) in [6.45, 7) is 12.2. The van der Waals surface area contributed by atoms with Crippen molar-refractivity contribution in [2.75, 3.05) is 23.5 Å². The smallest absolute Gasteiger partial charge is 0.251 e. The molecule has 5 N–H and O–H groups in total. The molecule has 10 heteroatoms. The van der Waals surface area contributed by atoms with Crippen LogP contribution < -0.4 is 26.4 Å². The van der Waals surface area contributed by atoms with Crippen molar-refractivity contribution in [1.82, 2.24) is 20.3 Å². The third kappa shape index (κ3) is 7.28. The van der Waals surface area contributed by atoms with E-state index < -0.39 is 0 Å². The van der Waals surface area contributed by atoms with Crippen LogP contribution in [0.2, 0.25) is 0 Å². The van der Waals surface area contributed by atoms with E-state index in [-0.39, 0.29) is 29.1 Å². The summed E-state index contributed by atoms with van der Waals surface area (Å²) in [4.78, 5) is 37.6. The summed E-state index contributed by atoms with van der Waals surface area (Å²) in [5.74, 6) is 0.641. The lowest BCUT2D eigenvalue weighted by Crippen LogP contribution is -2.23. The Morgan fingerprint density at radius 2 is 1.74 bits per heavy atom. The van der Waals surface area contributed by atoms with Crippen LogP contribution in [0.15, 0.2) is 73.3 Å². The van der Waals surface area contributed by atoms with Crippen molar-refractivity contribution in [2.45, 2.75) is 39.7 Å². The fourth-order valence-electron chi connectivity index (χ4n) is 4.21. The lowest BCUT2D eigenvalue weighted by Gasteiger charge is -2.19. The number of aryl methyl sites for hydroxylation is 1. The summed E-state index contributed by atoms with van der Waals surface area (Å²) in [6.07, 6.45) is 1.17. The number of nitrogens with one attached hydrogen (secondary N) is 3. The molecule has 1 heterocycles. The van der Waals surface area contributed by atoms with Gasteiger partial charge in [-0.1, -0.05) is 51.6 Å². The van der Waals surface area contributed by atoms with E-state index in [1.54, 1.807) is 18.2 Å². The van der Waals surface area contributed by atoms with Crippen LogP contribution in [0.5, 0.6) is 5.75 Å². The van der Waals surface area contributed by atoms with E-state index in [1.165, 1.54) is 18.7 Å². The minimum Gasteiger partial charge on any atom is -0.495 e. The van der Waals surface area contributed by atoms with Gasteiger partial charge in [0.05, 0.1) is 12.8 Å². The molecule has 0 spiro atoms.